The lowest BCUT2D eigenvalue weighted by Crippen LogP contribution is -2.41. The largest absolute Gasteiger partial charge is 0.459 e. The fourth-order valence-electron chi connectivity index (χ4n) is 2.82. The van der Waals surface area contributed by atoms with Gasteiger partial charge in [0.1, 0.15) is 0 Å². The average Bonchev–Trinajstić information content (AvgIpc) is 3.39. The van der Waals surface area contributed by atoms with Gasteiger partial charge in [0.2, 0.25) is 0 Å². The summed E-state index contributed by atoms with van der Waals surface area (Å²) in [4.78, 5) is 16.6. The van der Waals surface area contributed by atoms with Crippen molar-refractivity contribution in [2.45, 2.75) is 32.4 Å². The molecule has 0 radical (unpaired) electrons. The molecule has 1 aromatic carbocycles. The molecule has 3 N–H and O–H groups in total. The van der Waals surface area contributed by atoms with Gasteiger partial charge >= 0.3 is 0 Å². The Kier molecular flexibility index (Phi) is 6.87. The van der Waals surface area contributed by atoms with E-state index in [9.17, 15) is 4.79 Å². The molecule has 7 heteroatoms. The predicted octanol–water partition coefficient (Wildman–Crippen LogP) is 2.77. The number of ether oxygens (including phenoxy) is 1. The van der Waals surface area contributed by atoms with Crippen LogP contribution in [0.5, 0.6) is 0 Å². The van der Waals surface area contributed by atoms with Gasteiger partial charge in [0, 0.05) is 25.4 Å². The van der Waals surface area contributed by atoms with Gasteiger partial charge in [0.05, 0.1) is 18.9 Å². The van der Waals surface area contributed by atoms with Crippen molar-refractivity contribution in [1.29, 1.82) is 0 Å². The van der Waals surface area contributed by atoms with Gasteiger partial charge in [-0.05, 0) is 49.6 Å². The molecule has 1 aliphatic rings. The molecule has 1 amide bonds. The molecule has 2 heterocycles. The minimum atomic E-state index is -0.265. The van der Waals surface area contributed by atoms with E-state index in [0.29, 0.717) is 12.2 Å². The van der Waals surface area contributed by atoms with Gasteiger partial charge in [0.15, 0.2) is 11.7 Å². The molecule has 0 saturated carbocycles. The first-order valence-corrected chi connectivity index (χ1v) is 9.32. The molecule has 1 fully saturated rings. The van der Waals surface area contributed by atoms with Gasteiger partial charge in [-0.15, -0.1) is 0 Å². The van der Waals surface area contributed by atoms with E-state index in [4.69, 9.17) is 9.15 Å². The molecule has 1 atom stereocenters. The Morgan fingerprint density at radius 3 is 2.74 bits per heavy atom. The number of furan rings is 1. The molecule has 1 aromatic heterocycles. The molecule has 144 valence electrons. The topological polar surface area (TPSA) is 87.9 Å². The third-order valence-electron chi connectivity index (χ3n) is 4.24. The number of nitrogens with one attached hydrogen (secondary N) is 3. The van der Waals surface area contributed by atoms with E-state index >= 15 is 0 Å². The zero-order valence-electron chi connectivity index (χ0n) is 15.5. The van der Waals surface area contributed by atoms with E-state index in [0.717, 1.165) is 44.1 Å². The molecule has 0 spiro atoms. The van der Waals surface area contributed by atoms with Crippen molar-refractivity contribution >= 4 is 17.6 Å². The third-order valence-corrected chi connectivity index (χ3v) is 4.24. The first-order chi connectivity index (χ1) is 13.2. The number of nitrogens with zero attached hydrogens (tertiary/aromatic N) is 1. The van der Waals surface area contributed by atoms with Crippen LogP contribution < -0.4 is 16.0 Å². The molecular weight excluding hydrogens is 344 g/mol. The molecule has 0 bridgehead atoms. The molecule has 1 saturated heterocycles. The number of guanidine groups is 1. The lowest BCUT2D eigenvalue weighted by atomic mass is 10.2. The van der Waals surface area contributed by atoms with Crippen molar-refractivity contribution in [3.63, 3.8) is 0 Å². The maximum atomic E-state index is 12.0. The van der Waals surface area contributed by atoms with E-state index in [-0.39, 0.29) is 17.8 Å². The zero-order valence-corrected chi connectivity index (χ0v) is 15.5. The van der Waals surface area contributed by atoms with Crippen LogP contribution in [0.25, 0.3) is 0 Å². The first-order valence-electron chi connectivity index (χ1n) is 9.32. The van der Waals surface area contributed by atoms with Crippen molar-refractivity contribution in [1.82, 2.24) is 10.6 Å². The summed E-state index contributed by atoms with van der Waals surface area (Å²) in [5.41, 5.74) is 1.77. The fraction of sp³-hybridized carbons (Fsp3) is 0.400. The van der Waals surface area contributed by atoms with Gasteiger partial charge in [-0.1, -0.05) is 12.1 Å². The highest BCUT2D eigenvalue weighted by Gasteiger charge is 2.15. The second kappa shape index (κ2) is 9.78. The smallest absolute Gasteiger partial charge is 0.291 e. The van der Waals surface area contributed by atoms with Crippen molar-refractivity contribution in [3.05, 3.63) is 54.0 Å². The first kappa shape index (κ1) is 19.0. The number of hydrogen-bond donors (Lipinski definition) is 3. The van der Waals surface area contributed by atoms with Crippen molar-refractivity contribution < 1.29 is 13.9 Å². The van der Waals surface area contributed by atoms with Crippen LogP contribution in [0.15, 0.2) is 52.1 Å². The highest BCUT2D eigenvalue weighted by Crippen LogP contribution is 2.13. The third kappa shape index (κ3) is 5.86. The van der Waals surface area contributed by atoms with E-state index in [1.54, 1.807) is 12.1 Å². The van der Waals surface area contributed by atoms with Crippen LogP contribution in [-0.4, -0.2) is 37.7 Å². The molecule has 3 rings (SSSR count). The standard InChI is InChI=1S/C20H26N4O3/c1-2-21-20(23-14-17-5-3-11-26-17)22-13-15-7-9-16(10-8-15)24-19(25)18-6-4-12-27-18/h4,6-10,12,17H,2-3,5,11,13-14H2,1H3,(H,24,25)(H2,21,22,23). The summed E-state index contributed by atoms with van der Waals surface area (Å²) in [6.07, 6.45) is 3.97. The Hall–Kier alpha value is -2.80. The highest BCUT2D eigenvalue weighted by molar-refractivity contribution is 6.02. The summed E-state index contributed by atoms with van der Waals surface area (Å²) >= 11 is 0. The van der Waals surface area contributed by atoms with Gasteiger partial charge < -0.3 is 25.1 Å². The molecule has 2 aromatic rings. The minimum Gasteiger partial charge on any atom is -0.459 e. The summed E-state index contributed by atoms with van der Waals surface area (Å²) in [5, 5.41) is 9.38. The Balaban J connectivity index is 1.52. The van der Waals surface area contributed by atoms with Gasteiger partial charge in [0.25, 0.3) is 5.91 Å². The summed E-state index contributed by atoms with van der Waals surface area (Å²) in [6.45, 7) is 5.01. The summed E-state index contributed by atoms with van der Waals surface area (Å²) in [7, 11) is 0. The summed E-state index contributed by atoms with van der Waals surface area (Å²) < 4.78 is 10.7. The highest BCUT2D eigenvalue weighted by atomic mass is 16.5. The van der Waals surface area contributed by atoms with E-state index in [1.165, 1.54) is 6.26 Å². The number of aliphatic imine (C=N–C) groups is 1. The molecule has 1 aliphatic heterocycles. The summed E-state index contributed by atoms with van der Waals surface area (Å²) in [5.74, 6) is 0.804. The van der Waals surface area contributed by atoms with Crippen LogP contribution in [0.4, 0.5) is 5.69 Å². The van der Waals surface area contributed by atoms with Crippen molar-refractivity contribution in [2.75, 3.05) is 25.0 Å². The van der Waals surface area contributed by atoms with Crippen LogP contribution in [0.2, 0.25) is 0 Å². The van der Waals surface area contributed by atoms with Gasteiger partial charge in [-0.3, -0.25) is 4.79 Å². The number of carbonyl (C=O) groups is 1. The number of anilines is 1. The quantitative estimate of drug-likeness (QED) is 0.515. The Bertz CT molecular complexity index is 735. The zero-order chi connectivity index (χ0) is 18.9. The second-order valence-corrected chi connectivity index (χ2v) is 6.34. The average molecular weight is 370 g/mol. The second-order valence-electron chi connectivity index (χ2n) is 6.34. The van der Waals surface area contributed by atoms with Gasteiger partial charge in [-0.25, -0.2) is 4.99 Å². The van der Waals surface area contributed by atoms with Crippen LogP contribution in [-0.2, 0) is 11.3 Å². The van der Waals surface area contributed by atoms with E-state index < -0.39 is 0 Å². The Morgan fingerprint density at radius 1 is 1.22 bits per heavy atom. The molecular formula is C20H26N4O3. The van der Waals surface area contributed by atoms with Crippen LogP contribution in [0.3, 0.4) is 0 Å². The molecule has 0 aliphatic carbocycles. The number of rotatable bonds is 7. The number of carbonyl (C=O) groups excluding carboxylic acids is 1. The van der Waals surface area contributed by atoms with Crippen molar-refractivity contribution in [2.24, 2.45) is 4.99 Å². The minimum absolute atomic E-state index is 0.265. The Labute approximate surface area is 159 Å². The molecule has 7 nitrogen and oxygen atoms in total. The number of hydrogen-bond acceptors (Lipinski definition) is 4. The SMILES string of the molecule is CCNC(=NCc1ccc(NC(=O)c2ccco2)cc1)NCC1CCCO1. The van der Waals surface area contributed by atoms with Crippen LogP contribution in [0.1, 0.15) is 35.9 Å². The number of amides is 1. The maximum Gasteiger partial charge on any atom is 0.291 e. The summed E-state index contributed by atoms with van der Waals surface area (Å²) in [6, 6.07) is 10.9. The van der Waals surface area contributed by atoms with Crippen LogP contribution in [0, 0.1) is 0 Å². The maximum absolute atomic E-state index is 12.0. The van der Waals surface area contributed by atoms with E-state index in [2.05, 4.69) is 20.9 Å². The lowest BCUT2D eigenvalue weighted by Gasteiger charge is -2.14. The number of benzene rings is 1. The normalized spacial score (nSPS) is 16.9. The van der Waals surface area contributed by atoms with E-state index in [1.807, 2.05) is 31.2 Å². The fourth-order valence-corrected chi connectivity index (χ4v) is 2.82. The lowest BCUT2D eigenvalue weighted by molar-refractivity contribution is 0.0996. The monoisotopic (exact) mass is 370 g/mol. The molecule has 1 unspecified atom stereocenters. The van der Waals surface area contributed by atoms with Crippen LogP contribution >= 0.6 is 0 Å². The molecule has 27 heavy (non-hydrogen) atoms. The van der Waals surface area contributed by atoms with Crippen molar-refractivity contribution in [3.8, 4) is 0 Å². The van der Waals surface area contributed by atoms with Gasteiger partial charge in [-0.2, -0.15) is 0 Å². The predicted molar refractivity (Wildman–Crippen MR) is 105 cm³/mol. The Morgan fingerprint density at radius 2 is 2.07 bits per heavy atom.